The number of carbonyl (C=O) groups is 1. The van der Waals surface area contributed by atoms with Crippen LogP contribution in [0.2, 0.25) is 0 Å². The van der Waals surface area contributed by atoms with Crippen LogP contribution in [0.1, 0.15) is 158 Å². The Labute approximate surface area is 210 Å². The van der Waals surface area contributed by atoms with E-state index in [2.05, 4.69) is 55.4 Å². The zero-order valence-electron chi connectivity index (χ0n) is 24.3. The largest absolute Gasteiger partial charge is 0.303 e. The van der Waals surface area contributed by atoms with Gasteiger partial charge in [-0.05, 0) is 47.8 Å². The van der Waals surface area contributed by atoms with Gasteiger partial charge in [0.25, 0.3) is 0 Å². The highest BCUT2D eigenvalue weighted by Crippen LogP contribution is 2.30. The lowest BCUT2D eigenvalue weighted by molar-refractivity contribution is -0.108. The Bertz CT molecular complexity index is 364. The minimum Gasteiger partial charge on any atom is -0.303 e. The third-order valence-corrected chi connectivity index (χ3v) is 7.75. The fourth-order valence-electron chi connectivity index (χ4n) is 5.27. The third-order valence-electron chi connectivity index (χ3n) is 7.75. The molecule has 0 aliphatic rings. The molecule has 0 unspecified atom stereocenters. The maximum Gasteiger partial charge on any atom is 0.120 e. The van der Waals surface area contributed by atoms with Crippen LogP contribution in [0.15, 0.2) is 0 Å². The van der Waals surface area contributed by atoms with Crippen molar-refractivity contribution >= 4 is 6.29 Å². The lowest BCUT2D eigenvalue weighted by atomic mass is 9.83. The van der Waals surface area contributed by atoms with E-state index >= 15 is 0 Å². The molecule has 0 rings (SSSR count). The fourth-order valence-corrected chi connectivity index (χ4v) is 5.27. The molecule has 0 bridgehead atoms. The van der Waals surface area contributed by atoms with Gasteiger partial charge in [0.05, 0.1) is 0 Å². The molecule has 0 heterocycles. The van der Waals surface area contributed by atoms with E-state index in [4.69, 9.17) is 0 Å². The van der Waals surface area contributed by atoms with Crippen molar-refractivity contribution < 1.29 is 4.79 Å². The highest BCUT2D eigenvalue weighted by atomic mass is 16.1. The quantitative estimate of drug-likeness (QED) is 0.137. The zero-order chi connectivity index (χ0) is 25.1. The second-order valence-electron chi connectivity index (χ2n) is 13.1. The monoisotopic (exact) mass is 464 g/mol. The van der Waals surface area contributed by atoms with Gasteiger partial charge in [-0.25, -0.2) is 0 Å². The van der Waals surface area contributed by atoms with Gasteiger partial charge < -0.3 is 4.79 Å². The van der Waals surface area contributed by atoms with Gasteiger partial charge in [0, 0.05) is 6.42 Å². The maximum absolute atomic E-state index is 11.1. The second-order valence-corrected chi connectivity index (χ2v) is 13.1. The minimum atomic E-state index is 0.763. The van der Waals surface area contributed by atoms with E-state index in [1.54, 1.807) is 0 Å². The standard InChI is InChI=1S/C32H64O/c1-26(2)17-21-31(22-18-27(3)4)14-9-12-30(16-11-25-33)13-10-15-32(23-19-28(5)6)24-20-29(7)8/h25-32H,9-24H2,1-8H3. The molecule has 0 saturated heterocycles. The van der Waals surface area contributed by atoms with Crippen LogP contribution in [-0.4, -0.2) is 6.29 Å². The van der Waals surface area contributed by atoms with Crippen LogP contribution in [0, 0.1) is 41.4 Å². The molecule has 0 aromatic carbocycles. The summed E-state index contributed by atoms with van der Waals surface area (Å²) in [6, 6.07) is 0. The SMILES string of the molecule is CC(C)CCC(CCCC(CCC=O)CCCC(CCC(C)C)CCC(C)C)CCC(C)C. The molecule has 0 aliphatic carbocycles. The first kappa shape index (κ1) is 32.7. The molecule has 0 spiro atoms. The Morgan fingerprint density at radius 3 is 0.909 bits per heavy atom. The Balaban J connectivity index is 4.58. The molecule has 0 aliphatic heterocycles. The average molecular weight is 465 g/mol. The van der Waals surface area contributed by atoms with Crippen LogP contribution in [0.3, 0.4) is 0 Å². The predicted molar refractivity (Wildman–Crippen MR) is 150 cm³/mol. The van der Waals surface area contributed by atoms with Gasteiger partial charge in [-0.1, -0.05) is 145 Å². The van der Waals surface area contributed by atoms with Crippen molar-refractivity contribution in [1.82, 2.24) is 0 Å². The van der Waals surface area contributed by atoms with Crippen LogP contribution < -0.4 is 0 Å². The lowest BCUT2D eigenvalue weighted by Crippen LogP contribution is -2.09. The van der Waals surface area contributed by atoms with Gasteiger partial charge in [0.2, 0.25) is 0 Å². The number of aldehydes is 1. The first-order valence-corrected chi connectivity index (χ1v) is 15.1. The summed E-state index contributed by atoms with van der Waals surface area (Å²) in [5, 5.41) is 0. The molecule has 0 aromatic heterocycles. The normalized spacial score (nSPS) is 12.6. The molecule has 1 nitrogen and oxygen atoms in total. The highest BCUT2D eigenvalue weighted by Gasteiger charge is 2.16. The van der Waals surface area contributed by atoms with E-state index < -0.39 is 0 Å². The number of hydrogen-bond donors (Lipinski definition) is 0. The van der Waals surface area contributed by atoms with E-state index in [0.29, 0.717) is 0 Å². The summed E-state index contributed by atoms with van der Waals surface area (Å²) >= 11 is 0. The summed E-state index contributed by atoms with van der Waals surface area (Å²) in [6.45, 7) is 18.9. The topological polar surface area (TPSA) is 17.1 Å². The summed E-state index contributed by atoms with van der Waals surface area (Å²) in [5.74, 6) is 5.90. The van der Waals surface area contributed by atoms with Crippen molar-refractivity contribution in [1.29, 1.82) is 0 Å². The minimum absolute atomic E-state index is 0.763. The van der Waals surface area contributed by atoms with Gasteiger partial charge in [-0.2, -0.15) is 0 Å². The summed E-state index contributed by atoms with van der Waals surface area (Å²) in [5.41, 5.74) is 0. The van der Waals surface area contributed by atoms with Gasteiger partial charge in [0.1, 0.15) is 6.29 Å². The molecule has 0 atom stereocenters. The Morgan fingerprint density at radius 1 is 0.394 bits per heavy atom. The van der Waals surface area contributed by atoms with Crippen LogP contribution in [0.25, 0.3) is 0 Å². The van der Waals surface area contributed by atoms with Crippen molar-refractivity contribution in [2.24, 2.45) is 41.4 Å². The molecule has 0 aromatic rings. The summed E-state index contributed by atoms with van der Waals surface area (Å²) < 4.78 is 0. The molecule has 0 amide bonds. The average Bonchev–Trinajstić information content (AvgIpc) is 2.73. The summed E-state index contributed by atoms with van der Waals surface area (Å²) in [7, 11) is 0. The van der Waals surface area contributed by atoms with Crippen molar-refractivity contribution in [3.05, 3.63) is 0 Å². The van der Waals surface area contributed by atoms with Crippen LogP contribution in [-0.2, 0) is 4.79 Å². The van der Waals surface area contributed by atoms with Crippen LogP contribution in [0.4, 0.5) is 0 Å². The van der Waals surface area contributed by atoms with Crippen molar-refractivity contribution in [2.75, 3.05) is 0 Å². The Kier molecular flexibility index (Phi) is 20.8. The van der Waals surface area contributed by atoms with E-state index in [0.717, 1.165) is 60.6 Å². The third kappa shape index (κ3) is 21.9. The van der Waals surface area contributed by atoms with E-state index in [1.165, 1.54) is 89.9 Å². The van der Waals surface area contributed by atoms with E-state index in [1.807, 2.05) is 0 Å². The molecular weight excluding hydrogens is 400 g/mol. The van der Waals surface area contributed by atoms with Crippen LogP contribution in [0.5, 0.6) is 0 Å². The summed E-state index contributed by atoms with van der Waals surface area (Å²) in [4.78, 5) is 11.1. The van der Waals surface area contributed by atoms with Gasteiger partial charge in [-0.15, -0.1) is 0 Å². The molecule has 198 valence electrons. The highest BCUT2D eigenvalue weighted by molar-refractivity contribution is 5.49. The van der Waals surface area contributed by atoms with E-state index in [-0.39, 0.29) is 0 Å². The maximum atomic E-state index is 11.1. The molecule has 0 saturated carbocycles. The molecular formula is C32H64O. The van der Waals surface area contributed by atoms with E-state index in [9.17, 15) is 4.79 Å². The van der Waals surface area contributed by atoms with Gasteiger partial charge in [-0.3, -0.25) is 0 Å². The van der Waals surface area contributed by atoms with Crippen molar-refractivity contribution in [3.8, 4) is 0 Å². The fraction of sp³-hybridized carbons (Fsp3) is 0.969. The smallest absolute Gasteiger partial charge is 0.120 e. The Morgan fingerprint density at radius 2 is 0.667 bits per heavy atom. The number of rotatable bonds is 23. The molecule has 0 N–H and O–H groups in total. The molecule has 0 radical (unpaired) electrons. The predicted octanol–water partition coefficient (Wildman–Crippen LogP) is 10.9. The first-order chi connectivity index (χ1) is 15.6. The first-order valence-electron chi connectivity index (χ1n) is 15.1. The zero-order valence-corrected chi connectivity index (χ0v) is 24.3. The molecule has 33 heavy (non-hydrogen) atoms. The lowest BCUT2D eigenvalue weighted by Gasteiger charge is -2.23. The summed E-state index contributed by atoms with van der Waals surface area (Å²) in [6.07, 6.45) is 22.4. The van der Waals surface area contributed by atoms with Gasteiger partial charge >= 0.3 is 0 Å². The van der Waals surface area contributed by atoms with Crippen LogP contribution >= 0.6 is 0 Å². The number of hydrogen-bond acceptors (Lipinski definition) is 1. The molecule has 1 heteroatoms. The van der Waals surface area contributed by atoms with Gasteiger partial charge in [0.15, 0.2) is 0 Å². The van der Waals surface area contributed by atoms with Crippen molar-refractivity contribution in [2.45, 2.75) is 158 Å². The molecule has 0 fully saturated rings. The van der Waals surface area contributed by atoms with Crippen molar-refractivity contribution in [3.63, 3.8) is 0 Å². The Hall–Kier alpha value is -0.330. The number of carbonyl (C=O) groups excluding carboxylic acids is 1. The second kappa shape index (κ2) is 21.0.